The van der Waals surface area contributed by atoms with Gasteiger partial charge in [0.1, 0.15) is 0 Å². The molecule has 3 heteroatoms. The van der Waals surface area contributed by atoms with Crippen molar-refractivity contribution in [1.29, 1.82) is 0 Å². The van der Waals surface area contributed by atoms with Crippen LogP contribution in [0.15, 0.2) is 12.1 Å². The van der Waals surface area contributed by atoms with Crippen LogP contribution in [0.5, 0.6) is 0 Å². The van der Waals surface area contributed by atoms with Gasteiger partial charge >= 0.3 is 0 Å². The number of carbonyl (C=O) groups excluding carboxylic acids is 1. The summed E-state index contributed by atoms with van der Waals surface area (Å²) in [5, 5.41) is 0. The van der Waals surface area contributed by atoms with E-state index in [1.54, 1.807) is 0 Å². The normalized spacial score (nSPS) is 15.6. The summed E-state index contributed by atoms with van der Waals surface area (Å²) < 4.78 is 0. The molecule has 0 spiro atoms. The number of rotatable bonds is 4. The average Bonchev–Trinajstić information content (AvgIpc) is 2.87. The molecule has 0 aromatic heterocycles. The Morgan fingerprint density at radius 1 is 1.20 bits per heavy atom. The van der Waals surface area contributed by atoms with Gasteiger partial charge in [-0.3, -0.25) is 4.79 Å². The Morgan fingerprint density at radius 3 is 2.25 bits per heavy atom. The molecular weight excluding hydrogens is 270 g/mol. The van der Waals surface area contributed by atoms with Crippen LogP contribution in [0.25, 0.3) is 0 Å². The number of hydrogen-bond acceptors (Lipinski definition) is 1. The molecule has 0 N–H and O–H groups in total. The molecule has 0 radical (unpaired) electrons. The largest absolute Gasteiger partial charge is 0.334 e. The molecule has 0 aliphatic heterocycles. The minimum atomic E-state index is 0.160. The van der Waals surface area contributed by atoms with E-state index in [4.69, 9.17) is 11.6 Å². The van der Waals surface area contributed by atoms with Gasteiger partial charge in [-0.2, -0.15) is 0 Å². The molecule has 0 unspecified atom stereocenters. The zero-order valence-electron chi connectivity index (χ0n) is 12.7. The molecule has 20 heavy (non-hydrogen) atoms. The molecule has 1 amide bonds. The molecule has 1 fully saturated rings. The van der Waals surface area contributed by atoms with Crippen LogP contribution in [0.2, 0.25) is 0 Å². The molecule has 1 aromatic rings. The Morgan fingerprint density at radius 2 is 1.75 bits per heavy atom. The van der Waals surface area contributed by atoms with Crippen molar-refractivity contribution in [3.8, 4) is 0 Å². The summed E-state index contributed by atoms with van der Waals surface area (Å²) in [5.74, 6) is 0.666. The molecule has 1 saturated carbocycles. The lowest BCUT2D eigenvalue weighted by atomic mass is 9.98. The van der Waals surface area contributed by atoms with Gasteiger partial charge in [0, 0.05) is 24.0 Å². The fraction of sp³-hybridized carbons (Fsp3) is 0.588. The molecule has 2 nitrogen and oxygen atoms in total. The lowest BCUT2D eigenvalue weighted by molar-refractivity contribution is 0.0693. The molecule has 2 rings (SSSR count). The van der Waals surface area contributed by atoms with Gasteiger partial charge in [0.05, 0.1) is 0 Å². The Bertz CT molecular complexity index is 469. The highest BCUT2D eigenvalue weighted by molar-refractivity contribution is 6.18. The maximum atomic E-state index is 12.9. The smallest absolute Gasteiger partial charge is 0.254 e. The Kier molecular flexibility index (Phi) is 5.09. The van der Waals surface area contributed by atoms with Crippen molar-refractivity contribution in [2.75, 3.05) is 12.4 Å². The molecule has 1 aliphatic carbocycles. The highest BCUT2D eigenvalue weighted by Crippen LogP contribution is 2.27. The second kappa shape index (κ2) is 6.62. The molecular formula is C17H24ClNO. The SMILES string of the molecule is Cc1cc(C)c(C(=O)N(CCCl)C2CCCC2)c(C)c1. The summed E-state index contributed by atoms with van der Waals surface area (Å²) in [6.45, 7) is 6.78. The van der Waals surface area contributed by atoms with Crippen molar-refractivity contribution in [1.82, 2.24) is 4.90 Å². The van der Waals surface area contributed by atoms with Crippen LogP contribution < -0.4 is 0 Å². The van der Waals surface area contributed by atoms with E-state index < -0.39 is 0 Å². The van der Waals surface area contributed by atoms with E-state index in [1.807, 2.05) is 18.7 Å². The topological polar surface area (TPSA) is 20.3 Å². The third-order valence-corrected chi connectivity index (χ3v) is 4.41. The van der Waals surface area contributed by atoms with Crippen LogP contribution in [-0.2, 0) is 0 Å². The first-order valence-corrected chi connectivity index (χ1v) is 8.03. The minimum absolute atomic E-state index is 0.160. The molecule has 0 saturated heterocycles. The first-order chi connectivity index (χ1) is 9.54. The summed E-state index contributed by atoms with van der Waals surface area (Å²) >= 11 is 5.92. The highest BCUT2D eigenvalue weighted by Gasteiger charge is 2.28. The van der Waals surface area contributed by atoms with E-state index in [2.05, 4.69) is 19.1 Å². The number of nitrogens with zero attached hydrogens (tertiary/aromatic N) is 1. The molecule has 110 valence electrons. The van der Waals surface area contributed by atoms with Gasteiger partial charge < -0.3 is 4.90 Å². The van der Waals surface area contributed by atoms with Crippen LogP contribution in [0.3, 0.4) is 0 Å². The first kappa shape index (κ1) is 15.4. The van der Waals surface area contributed by atoms with Crippen molar-refractivity contribution < 1.29 is 4.79 Å². The van der Waals surface area contributed by atoms with Crippen LogP contribution in [0, 0.1) is 20.8 Å². The number of alkyl halides is 1. The summed E-state index contributed by atoms with van der Waals surface area (Å²) in [6, 6.07) is 4.56. The zero-order valence-corrected chi connectivity index (χ0v) is 13.5. The number of hydrogen-bond donors (Lipinski definition) is 0. The van der Waals surface area contributed by atoms with Gasteiger partial charge in [-0.05, 0) is 44.7 Å². The Balaban J connectivity index is 2.31. The monoisotopic (exact) mass is 293 g/mol. The van der Waals surface area contributed by atoms with E-state index in [1.165, 1.54) is 18.4 Å². The maximum Gasteiger partial charge on any atom is 0.254 e. The minimum Gasteiger partial charge on any atom is -0.334 e. The number of benzene rings is 1. The second-order valence-electron chi connectivity index (χ2n) is 5.90. The third-order valence-electron chi connectivity index (χ3n) is 4.24. The van der Waals surface area contributed by atoms with Crippen molar-refractivity contribution in [3.05, 3.63) is 34.4 Å². The fourth-order valence-corrected chi connectivity index (χ4v) is 3.60. The summed E-state index contributed by atoms with van der Waals surface area (Å²) in [7, 11) is 0. The number of amides is 1. The molecule has 1 aromatic carbocycles. The molecule has 0 heterocycles. The Hall–Kier alpha value is -1.02. The molecule has 1 aliphatic rings. The van der Waals surface area contributed by atoms with Gasteiger partial charge in [0.2, 0.25) is 0 Å². The predicted octanol–water partition coefficient (Wildman–Crippen LogP) is 4.24. The van der Waals surface area contributed by atoms with Gasteiger partial charge in [-0.25, -0.2) is 0 Å². The van der Waals surface area contributed by atoms with Crippen molar-refractivity contribution in [2.24, 2.45) is 0 Å². The summed E-state index contributed by atoms with van der Waals surface area (Å²) in [4.78, 5) is 14.9. The number of carbonyl (C=O) groups is 1. The number of halogens is 1. The summed E-state index contributed by atoms with van der Waals surface area (Å²) in [6.07, 6.45) is 4.68. The molecule has 0 bridgehead atoms. The van der Waals surface area contributed by atoms with Crippen LogP contribution >= 0.6 is 11.6 Å². The lowest BCUT2D eigenvalue weighted by Gasteiger charge is -2.29. The van der Waals surface area contributed by atoms with Crippen molar-refractivity contribution in [2.45, 2.75) is 52.5 Å². The van der Waals surface area contributed by atoms with Gasteiger partial charge in [0.15, 0.2) is 0 Å². The van der Waals surface area contributed by atoms with E-state index in [9.17, 15) is 4.79 Å². The van der Waals surface area contributed by atoms with Crippen molar-refractivity contribution >= 4 is 17.5 Å². The van der Waals surface area contributed by atoms with E-state index in [0.717, 1.165) is 29.5 Å². The van der Waals surface area contributed by atoms with Crippen molar-refractivity contribution in [3.63, 3.8) is 0 Å². The lowest BCUT2D eigenvalue weighted by Crippen LogP contribution is -2.40. The zero-order chi connectivity index (χ0) is 14.7. The molecule has 0 atom stereocenters. The quantitative estimate of drug-likeness (QED) is 0.761. The van der Waals surface area contributed by atoms with Crippen LogP contribution in [0.4, 0.5) is 0 Å². The third kappa shape index (κ3) is 3.17. The fourth-order valence-electron chi connectivity index (χ4n) is 3.42. The first-order valence-electron chi connectivity index (χ1n) is 7.49. The predicted molar refractivity (Wildman–Crippen MR) is 84.7 cm³/mol. The van der Waals surface area contributed by atoms with E-state index >= 15 is 0 Å². The van der Waals surface area contributed by atoms with Gasteiger partial charge in [-0.15, -0.1) is 11.6 Å². The summed E-state index contributed by atoms with van der Waals surface area (Å²) in [5.41, 5.74) is 4.23. The number of aryl methyl sites for hydroxylation is 3. The van der Waals surface area contributed by atoms with E-state index in [0.29, 0.717) is 18.5 Å². The Labute approximate surface area is 127 Å². The van der Waals surface area contributed by atoms with Gasteiger partial charge in [0.25, 0.3) is 5.91 Å². The van der Waals surface area contributed by atoms with Crippen LogP contribution in [-0.4, -0.2) is 29.3 Å². The average molecular weight is 294 g/mol. The van der Waals surface area contributed by atoms with Crippen LogP contribution in [0.1, 0.15) is 52.7 Å². The van der Waals surface area contributed by atoms with Gasteiger partial charge in [-0.1, -0.05) is 30.5 Å². The maximum absolute atomic E-state index is 12.9. The highest BCUT2D eigenvalue weighted by atomic mass is 35.5. The standard InChI is InChI=1S/C17H24ClNO/c1-12-10-13(2)16(14(3)11-12)17(20)19(9-8-18)15-6-4-5-7-15/h10-11,15H,4-9H2,1-3H3. The second-order valence-corrected chi connectivity index (χ2v) is 6.28. The van der Waals surface area contributed by atoms with E-state index in [-0.39, 0.29) is 5.91 Å².